The van der Waals surface area contributed by atoms with Gasteiger partial charge in [-0.25, -0.2) is 0 Å². The zero-order valence-electron chi connectivity index (χ0n) is 11.0. The molecule has 2 aromatic rings. The summed E-state index contributed by atoms with van der Waals surface area (Å²) < 4.78 is 6.56. The van der Waals surface area contributed by atoms with Gasteiger partial charge in [-0.3, -0.25) is 0 Å². The fraction of sp³-hybridized carbons (Fsp3) is 0.385. The van der Waals surface area contributed by atoms with Crippen molar-refractivity contribution < 1.29 is 4.42 Å². The van der Waals surface area contributed by atoms with E-state index in [0.29, 0.717) is 18.5 Å². The highest BCUT2D eigenvalue weighted by Gasteiger charge is 2.08. The van der Waals surface area contributed by atoms with Crippen LogP contribution in [0.1, 0.15) is 24.8 Å². The Kier molecular flexibility index (Phi) is 4.93. The lowest BCUT2D eigenvalue weighted by Crippen LogP contribution is -2.13. The first-order chi connectivity index (χ1) is 9.20. The third-order valence-electron chi connectivity index (χ3n) is 2.68. The third-order valence-corrected chi connectivity index (χ3v) is 3.54. The van der Waals surface area contributed by atoms with Crippen LogP contribution >= 0.6 is 15.9 Å². The molecule has 1 heterocycles. The van der Waals surface area contributed by atoms with Gasteiger partial charge in [0.1, 0.15) is 0 Å². The molecular weight excluding hydrogens is 308 g/mol. The van der Waals surface area contributed by atoms with E-state index in [1.807, 2.05) is 25.1 Å². The van der Waals surface area contributed by atoms with E-state index < -0.39 is 0 Å². The Bertz CT molecular complexity index is 541. The summed E-state index contributed by atoms with van der Waals surface area (Å²) in [5.41, 5.74) is 2.05. The summed E-state index contributed by atoms with van der Waals surface area (Å²) in [6.07, 6.45) is 1.08. The molecule has 0 unspecified atom stereocenters. The molecule has 0 bridgehead atoms. The smallest absolute Gasteiger partial charge is 0.320 e. The second-order valence-corrected chi connectivity index (χ2v) is 5.07. The monoisotopic (exact) mass is 324 g/mol. The van der Waals surface area contributed by atoms with E-state index in [0.717, 1.165) is 28.7 Å². The highest BCUT2D eigenvalue weighted by Crippen LogP contribution is 2.25. The van der Waals surface area contributed by atoms with Gasteiger partial charge in [0.15, 0.2) is 0 Å². The van der Waals surface area contributed by atoms with Gasteiger partial charge in [-0.1, -0.05) is 34.0 Å². The molecule has 102 valence electrons. The SMILES string of the molecule is CCCNCc1nnc(Nc2cccc(Br)c2C)o1. The summed E-state index contributed by atoms with van der Waals surface area (Å²) in [5.74, 6) is 0.587. The molecule has 6 heteroatoms. The van der Waals surface area contributed by atoms with Gasteiger partial charge < -0.3 is 15.1 Å². The molecule has 2 N–H and O–H groups in total. The van der Waals surface area contributed by atoms with E-state index in [9.17, 15) is 0 Å². The molecule has 0 aliphatic carbocycles. The average Bonchev–Trinajstić information content (AvgIpc) is 2.83. The van der Waals surface area contributed by atoms with Gasteiger partial charge in [0.25, 0.3) is 0 Å². The molecule has 5 nitrogen and oxygen atoms in total. The van der Waals surface area contributed by atoms with Crippen LogP contribution in [0, 0.1) is 6.92 Å². The Hall–Kier alpha value is -1.40. The quantitative estimate of drug-likeness (QED) is 0.797. The number of nitrogens with zero attached hydrogens (tertiary/aromatic N) is 2. The third kappa shape index (κ3) is 3.78. The molecule has 0 radical (unpaired) electrons. The van der Waals surface area contributed by atoms with Gasteiger partial charge in [0.05, 0.1) is 6.54 Å². The van der Waals surface area contributed by atoms with Crippen LogP contribution in [0.2, 0.25) is 0 Å². The molecule has 2 rings (SSSR count). The van der Waals surface area contributed by atoms with E-state index >= 15 is 0 Å². The molecule has 0 aliphatic heterocycles. The van der Waals surface area contributed by atoms with Crippen molar-refractivity contribution in [3.05, 3.63) is 34.1 Å². The van der Waals surface area contributed by atoms with Gasteiger partial charge in [0, 0.05) is 10.2 Å². The summed E-state index contributed by atoms with van der Waals surface area (Å²) in [6, 6.07) is 6.34. The normalized spacial score (nSPS) is 10.7. The second-order valence-electron chi connectivity index (χ2n) is 4.22. The lowest BCUT2D eigenvalue weighted by molar-refractivity contribution is 0.479. The molecule has 0 aliphatic rings. The summed E-state index contributed by atoms with van der Waals surface area (Å²) in [5, 5.41) is 14.3. The fourth-order valence-corrected chi connectivity index (χ4v) is 1.97. The predicted molar refractivity (Wildman–Crippen MR) is 78.5 cm³/mol. The largest absolute Gasteiger partial charge is 0.406 e. The Balaban J connectivity index is 2.01. The number of hydrogen-bond acceptors (Lipinski definition) is 5. The van der Waals surface area contributed by atoms with Crippen LogP contribution in [-0.2, 0) is 6.54 Å². The lowest BCUT2D eigenvalue weighted by Gasteiger charge is -2.06. The van der Waals surface area contributed by atoms with Crippen LogP contribution in [0.3, 0.4) is 0 Å². The first-order valence-corrected chi connectivity index (χ1v) is 7.05. The van der Waals surface area contributed by atoms with Crippen LogP contribution in [-0.4, -0.2) is 16.7 Å². The minimum Gasteiger partial charge on any atom is -0.406 e. The molecule has 0 saturated carbocycles. The van der Waals surface area contributed by atoms with Crippen LogP contribution in [0.4, 0.5) is 11.7 Å². The summed E-state index contributed by atoms with van der Waals surface area (Å²) in [6.45, 7) is 5.67. The van der Waals surface area contributed by atoms with E-state index in [-0.39, 0.29) is 0 Å². The standard InChI is InChI=1S/C13H17BrN4O/c1-3-7-15-8-12-17-18-13(19-12)16-11-6-4-5-10(14)9(11)2/h4-6,15H,3,7-8H2,1-2H3,(H,16,18). The highest BCUT2D eigenvalue weighted by molar-refractivity contribution is 9.10. The molecule has 1 aromatic carbocycles. The molecular formula is C13H17BrN4O. The summed E-state index contributed by atoms with van der Waals surface area (Å²) in [4.78, 5) is 0. The maximum atomic E-state index is 5.52. The minimum atomic E-state index is 0.412. The molecule has 0 spiro atoms. The van der Waals surface area contributed by atoms with Gasteiger partial charge >= 0.3 is 6.01 Å². The number of aromatic nitrogens is 2. The number of halogens is 1. The topological polar surface area (TPSA) is 63.0 Å². The van der Waals surface area contributed by atoms with E-state index in [2.05, 4.69) is 43.7 Å². The maximum absolute atomic E-state index is 5.52. The van der Waals surface area contributed by atoms with Gasteiger partial charge in [-0.05, 0) is 37.6 Å². The first kappa shape index (κ1) is 14.0. The number of hydrogen-bond donors (Lipinski definition) is 2. The predicted octanol–water partition coefficient (Wildman–Crippen LogP) is 3.38. The molecule has 0 atom stereocenters. The Morgan fingerprint density at radius 1 is 1.32 bits per heavy atom. The van der Waals surface area contributed by atoms with Crippen molar-refractivity contribution in [1.82, 2.24) is 15.5 Å². The van der Waals surface area contributed by atoms with Gasteiger partial charge in [0.2, 0.25) is 5.89 Å². The van der Waals surface area contributed by atoms with Crippen molar-refractivity contribution >= 4 is 27.6 Å². The summed E-state index contributed by atoms with van der Waals surface area (Å²) >= 11 is 3.49. The number of rotatable bonds is 6. The van der Waals surface area contributed by atoms with Gasteiger partial charge in [-0.15, -0.1) is 5.10 Å². The van der Waals surface area contributed by atoms with Crippen molar-refractivity contribution in [3.8, 4) is 0 Å². The number of benzene rings is 1. The van der Waals surface area contributed by atoms with Crippen LogP contribution in [0.25, 0.3) is 0 Å². The number of anilines is 2. The maximum Gasteiger partial charge on any atom is 0.320 e. The minimum absolute atomic E-state index is 0.412. The lowest BCUT2D eigenvalue weighted by atomic mass is 10.2. The number of nitrogens with one attached hydrogen (secondary N) is 2. The summed E-state index contributed by atoms with van der Waals surface area (Å²) in [7, 11) is 0. The van der Waals surface area contributed by atoms with E-state index in [1.165, 1.54) is 0 Å². The Morgan fingerprint density at radius 3 is 2.95 bits per heavy atom. The fourth-order valence-electron chi connectivity index (χ4n) is 1.61. The molecule has 0 amide bonds. The second kappa shape index (κ2) is 6.68. The molecule has 19 heavy (non-hydrogen) atoms. The van der Waals surface area contributed by atoms with Crippen LogP contribution < -0.4 is 10.6 Å². The molecule has 1 aromatic heterocycles. The van der Waals surface area contributed by atoms with Gasteiger partial charge in [-0.2, -0.15) is 0 Å². The first-order valence-electron chi connectivity index (χ1n) is 6.26. The van der Waals surface area contributed by atoms with Crippen LogP contribution in [0.5, 0.6) is 0 Å². The van der Waals surface area contributed by atoms with Crippen molar-refractivity contribution in [3.63, 3.8) is 0 Å². The average molecular weight is 325 g/mol. The Labute approximate surface area is 120 Å². The van der Waals surface area contributed by atoms with E-state index in [4.69, 9.17) is 4.42 Å². The van der Waals surface area contributed by atoms with Crippen LogP contribution in [0.15, 0.2) is 27.1 Å². The highest BCUT2D eigenvalue weighted by atomic mass is 79.9. The van der Waals surface area contributed by atoms with Crippen molar-refractivity contribution in [2.75, 3.05) is 11.9 Å². The Morgan fingerprint density at radius 2 is 2.16 bits per heavy atom. The zero-order valence-corrected chi connectivity index (χ0v) is 12.6. The molecule has 0 saturated heterocycles. The molecule has 0 fully saturated rings. The van der Waals surface area contributed by atoms with Crippen molar-refractivity contribution in [1.29, 1.82) is 0 Å². The van der Waals surface area contributed by atoms with Crippen molar-refractivity contribution in [2.45, 2.75) is 26.8 Å². The zero-order chi connectivity index (χ0) is 13.7. The van der Waals surface area contributed by atoms with E-state index in [1.54, 1.807) is 0 Å². The van der Waals surface area contributed by atoms with Crippen molar-refractivity contribution in [2.24, 2.45) is 0 Å².